The predicted molar refractivity (Wildman–Crippen MR) is 164 cm³/mol. The number of hydrogen-bond acceptors (Lipinski definition) is 6. The van der Waals surface area contributed by atoms with Crippen molar-refractivity contribution in [1.82, 2.24) is 24.1 Å². The molecule has 0 aliphatic rings. The Bertz CT molecular complexity index is 1960. The molecule has 0 N–H and O–H groups in total. The van der Waals surface area contributed by atoms with Crippen LogP contribution in [0.25, 0.3) is 39.1 Å². The van der Waals surface area contributed by atoms with E-state index in [2.05, 4.69) is 82.5 Å². The average molecular weight is 555 g/mol. The van der Waals surface area contributed by atoms with Crippen LogP contribution < -0.4 is 0 Å². The molecule has 0 fully saturated rings. The highest BCUT2D eigenvalue weighted by Gasteiger charge is 2.25. The lowest BCUT2D eigenvalue weighted by Gasteiger charge is -2.13. The predicted octanol–water partition coefficient (Wildman–Crippen LogP) is 7.46. The molecule has 200 valence electrons. The SMILES string of the molecule is C/C(=N/OCc1nc2c3c(-c4ccccc4)c(-c4ccccc4)n(Cc4ccccc4)c3ncn2n1)c1cccs1. The number of rotatable bonds is 8. The minimum atomic E-state index is 0.156. The fraction of sp³-hybridized carbons (Fsp3) is 0.0909. The van der Waals surface area contributed by atoms with Gasteiger partial charge in [0.2, 0.25) is 0 Å². The lowest BCUT2D eigenvalue weighted by atomic mass is 9.99. The summed E-state index contributed by atoms with van der Waals surface area (Å²) in [5.41, 5.74) is 7.97. The third kappa shape index (κ3) is 4.79. The first kappa shape index (κ1) is 24.9. The number of oxime groups is 1. The van der Waals surface area contributed by atoms with Crippen molar-refractivity contribution < 1.29 is 4.84 Å². The maximum Gasteiger partial charge on any atom is 0.192 e. The molecule has 0 aliphatic heterocycles. The van der Waals surface area contributed by atoms with E-state index in [1.54, 1.807) is 22.2 Å². The third-order valence-electron chi connectivity index (χ3n) is 6.99. The molecule has 0 aliphatic carbocycles. The van der Waals surface area contributed by atoms with Crippen LogP contribution >= 0.6 is 11.3 Å². The Kier molecular flexibility index (Phi) is 6.58. The first-order valence-corrected chi connectivity index (χ1v) is 14.3. The molecule has 0 unspecified atom stereocenters. The molecule has 0 bridgehead atoms. The molecule has 8 heteroatoms. The van der Waals surface area contributed by atoms with E-state index in [1.165, 1.54) is 5.56 Å². The maximum absolute atomic E-state index is 5.67. The van der Waals surface area contributed by atoms with Crippen molar-refractivity contribution in [2.24, 2.45) is 5.16 Å². The normalized spacial score (nSPS) is 11.9. The van der Waals surface area contributed by atoms with E-state index < -0.39 is 0 Å². The summed E-state index contributed by atoms with van der Waals surface area (Å²) in [6.45, 7) is 2.75. The zero-order valence-corrected chi connectivity index (χ0v) is 23.2. The molecule has 0 saturated carbocycles. The quantitative estimate of drug-likeness (QED) is 0.144. The number of fused-ring (bicyclic) bond motifs is 3. The van der Waals surface area contributed by atoms with Gasteiger partial charge in [-0.15, -0.1) is 16.4 Å². The van der Waals surface area contributed by atoms with Gasteiger partial charge < -0.3 is 9.40 Å². The average Bonchev–Trinajstić information content (AvgIpc) is 3.77. The van der Waals surface area contributed by atoms with Crippen LogP contribution in [0, 0.1) is 0 Å². The minimum Gasteiger partial charge on any atom is -0.387 e. The van der Waals surface area contributed by atoms with Gasteiger partial charge in [-0.05, 0) is 35.1 Å². The lowest BCUT2D eigenvalue weighted by molar-refractivity contribution is 0.125. The van der Waals surface area contributed by atoms with Gasteiger partial charge in [-0.2, -0.15) is 0 Å². The zero-order valence-electron chi connectivity index (χ0n) is 22.4. The second kappa shape index (κ2) is 10.8. The number of benzene rings is 3. The van der Waals surface area contributed by atoms with Gasteiger partial charge in [0.1, 0.15) is 12.0 Å². The fourth-order valence-corrected chi connectivity index (χ4v) is 5.83. The van der Waals surface area contributed by atoms with Gasteiger partial charge in [0.05, 0.1) is 21.7 Å². The molecule has 7 rings (SSSR count). The Hall–Kier alpha value is -5.08. The van der Waals surface area contributed by atoms with Crippen molar-refractivity contribution in [3.63, 3.8) is 0 Å². The van der Waals surface area contributed by atoms with Crippen LogP contribution in [0.3, 0.4) is 0 Å². The van der Waals surface area contributed by atoms with Crippen LogP contribution in [0.15, 0.2) is 120 Å². The molecule has 4 heterocycles. The molecule has 0 amide bonds. The molecule has 4 aromatic heterocycles. The Labute approximate surface area is 241 Å². The van der Waals surface area contributed by atoms with Gasteiger partial charge in [-0.1, -0.05) is 102 Å². The molecule has 0 spiro atoms. The van der Waals surface area contributed by atoms with E-state index in [1.807, 2.05) is 42.6 Å². The van der Waals surface area contributed by atoms with E-state index in [9.17, 15) is 0 Å². The van der Waals surface area contributed by atoms with Crippen LogP contribution in [0.1, 0.15) is 23.2 Å². The second-order valence-corrected chi connectivity index (χ2v) is 10.6. The maximum atomic E-state index is 5.67. The van der Waals surface area contributed by atoms with Crippen LogP contribution in [-0.4, -0.2) is 29.9 Å². The minimum absolute atomic E-state index is 0.156. The summed E-state index contributed by atoms with van der Waals surface area (Å²) in [5.74, 6) is 0.540. The van der Waals surface area contributed by atoms with Crippen LogP contribution in [0.5, 0.6) is 0 Å². The molecular weight excluding hydrogens is 528 g/mol. The Morgan fingerprint density at radius 3 is 2.24 bits per heavy atom. The zero-order chi connectivity index (χ0) is 27.6. The second-order valence-electron chi connectivity index (χ2n) is 9.69. The van der Waals surface area contributed by atoms with Crippen molar-refractivity contribution in [3.05, 3.63) is 131 Å². The van der Waals surface area contributed by atoms with Gasteiger partial charge in [0.15, 0.2) is 18.1 Å². The van der Waals surface area contributed by atoms with Crippen molar-refractivity contribution in [1.29, 1.82) is 0 Å². The lowest BCUT2D eigenvalue weighted by Crippen LogP contribution is -2.03. The fourth-order valence-electron chi connectivity index (χ4n) is 5.16. The largest absolute Gasteiger partial charge is 0.387 e. The number of thiophene rings is 1. The van der Waals surface area contributed by atoms with Crippen molar-refractivity contribution in [2.75, 3.05) is 0 Å². The topological polar surface area (TPSA) is 69.6 Å². The highest BCUT2D eigenvalue weighted by Crippen LogP contribution is 2.42. The van der Waals surface area contributed by atoms with Gasteiger partial charge in [0, 0.05) is 12.1 Å². The summed E-state index contributed by atoms with van der Waals surface area (Å²) in [5, 5.41) is 11.9. The van der Waals surface area contributed by atoms with E-state index in [4.69, 9.17) is 19.9 Å². The highest BCUT2D eigenvalue weighted by molar-refractivity contribution is 7.12. The Morgan fingerprint density at radius 2 is 1.54 bits per heavy atom. The summed E-state index contributed by atoms with van der Waals surface area (Å²) < 4.78 is 4.03. The van der Waals surface area contributed by atoms with Crippen LogP contribution in [0.4, 0.5) is 0 Å². The van der Waals surface area contributed by atoms with Crippen LogP contribution in [-0.2, 0) is 18.0 Å². The van der Waals surface area contributed by atoms with E-state index in [0.717, 1.165) is 49.7 Å². The van der Waals surface area contributed by atoms with Gasteiger partial charge in [-0.25, -0.2) is 14.5 Å². The monoisotopic (exact) mass is 554 g/mol. The molecule has 41 heavy (non-hydrogen) atoms. The Morgan fingerprint density at radius 1 is 0.829 bits per heavy atom. The molecule has 7 aromatic rings. The van der Waals surface area contributed by atoms with E-state index in [0.29, 0.717) is 12.4 Å². The first-order valence-electron chi connectivity index (χ1n) is 13.4. The van der Waals surface area contributed by atoms with E-state index in [-0.39, 0.29) is 6.61 Å². The molecule has 3 aromatic carbocycles. The standard InChI is InChI=1S/C33H26N6OS/c1-23(27-18-11-19-41-27)37-40-21-28-35-33-30-29(25-14-7-3-8-15-25)31(26-16-9-4-10-17-26)38(20-24-12-5-2-6-13-24)32(30)34-22-39(33)36-28/h2-19,22H,20-21H2,1H3/b37-23-. The summed E-state index contributed by atoms with van der Waals surface area (Å²) in [6, 6.07) is 35.4. The number of aromatic nitrogens is 5. The summed E-state index contributed by atoms with van der Waals surface area (Å²) in [4.78, 5) is 16.6. The molecule has 0 atom stereocenters. The molecule has 0 saturated heterocycles. The summed E-state index contributed by atoms with van der Waals surface area (Å²) in [6.07, 6.45) is 1.74. The molecular formula is C33H26N6OS. The Balaban J connectivity index is 1.42. The first-order chi connectivity index (χ1) is 20.3. The van der Waals surface area contributed by atoms with Crippen molar-refractivity contribution in [3.8, 4) is 22.4 Å². The smallest absolute Gasteiger partial charge is 0.192 e. The molecule has 7 nitrogen and oxygen atoms in total. The number of nitrogens with zero attached hydrogens (tertiary/aromatic N) is 6. The van der Waals surface area contributed by atoms with Crippen LogP contribution in [0.2, 0.25) is 0 Å². The van der Waals surface area contributed by atoms with Gasteiger partial charge >= 0.3 is 0 Å². The third-order valence-corrected chi connectivity index (χ3v) is 7.97. The van der Waals surface area contributed by atoms with Gasteiger partial charge in [0.25, 0.3) is 0 Å². The summed E-state index contributed by atoms with van der Waals surface area (Å²) in [7, 11) is 0. The summed E-state index contributed by atoms with van der Waals surface area (Å²) >= 11 is 1.63. The van der Waals surface area contributed by atoms with Crippen molar-refractivity contribution in [2.45, 2.75) is 20.1 Å². The van der Waals surface area contributed by atoms with Gasteiger partial charge in [-0.3, -0.25) is 0 Å². The van der Waals surface area contributed by atoms with E-state index >= 15 is 0 Å². The molecule has 0 radical (unpaired) electrons. The highest BCUT2D eigenvalue weighted by atomic mass is 32.1. The van der Waals surface area contributed by atoms with Crippen molar-refractivity contribution >= 4 is 33.7 Å². The number of hydrogen-bond donors (Lipinski definition) is 0.